The van der Waals surface area contributed by atoms with E-state index in [1.165, 1.54) is 49.9 Å². The lowest BCUT2D eigenvalue weighted by atomic mass is 10.0. The Morgan fingerprint density at radius 3 is 2.49 bits per heavy atom. The zero-order valence-electron chi connectivity index (χ0n) is 22.1. The van der Waals surface area contributed by atoms with Gasteiger partial charge in [-0.05, 0) is 105 Å². The predicted molar refractivity (Wildman–Crippen MR) is 156 cm³/mol. The second kappa shape index (κ2) is 10.5. The number of nitrogens with one attached hydrogen (secondary N) is 1. The quantitative estimate of drug-likeness (QED) is 0.241. The molecule has 6 heteroatoms. The van der Waals surface area contributed by atoms with Crippen molar-refractivity contribution >= 4 is 22.7 Å². The van der Waals surface area contributed by atoms with Gasteiger partial charge in [0.15, 0.2) is 5.75 Å². The molecule has 0 saturated carbocycles. The molecule has 1 unspecified atom stereocenters. The van der Waals surface area contributed by atoms with E-state index in [0.29, 0.717) is 5.95 Å². The molecule has 0 amide bonds. The summed E-state index contributed by atoms with van der Waals surface area (Å²) in [6.45, 7) is 2.55. The van der Waals surface area contributed by atoms with Crippen molar-refractivity contribution in [2.24, 2.45) is 0 Å². The van der Waals surface area contributed by atoms with Crippen LogP contribution in [-0.4, -0.2) is 38.6 Å². The van der Waals surface area contributed by atoms with Crippen LogP contribution in [0.25, 0.3) is 16.7 Å². The number of likely N-dealkylation sites (tertiary alicyclic amines) is 1. The Hall–Kier alpha value is -4.16. The maximum atomic E-state index is 6.23. The Kier molecular flexibility index (Phi) is 6.47. The maximum absolute atomic E-state index is 6.23. The van der Waals surface area contributed by atoms with Crippen molar-refractivity contribution in [3.8, 4) is 17.2 Å². The number of aromatic nitrogens is 3. The van der Waals surface area contributed by atoms with E-state index in [1.54, 1.807) is 0 Å². The number of ether oxygens (including phenoxy) is 1. The number of nitrogens with zero attached hydrogens (tertiary/aromatic N) is 4. The topological polar surface area (TPSA) is 55.2 Å². The monoisotopic (exact) mass is 515 g/mol. The fraction of sp³-hybridized carbons (Fsp3) is 0.273. The van der Waals surface area contributed by atoms with E-state index >= 15 is 0 Å². The molecule has 196 valence electrons. The molecule has 1 aliphatic carbocycles. The average Bonchev–Trinajstić information content (AvgIpc) is 3.61. The van der Waals surface area contributed by atoms with Crippen molar-refractivity contribution < 1.29 is 4.74 Å². The summed E-state index contributed by atoms with van der Waals surface area (Å²) in [5.41, 5.74) is 5.75. The van der Waals surface area contributed by atoms with Gasteiger partial charge in [-0.15, -0.1) is 0 Å². The summed E-state index contributed by atoms with van der Waals surface area (Å²) in [6, 6.07) is 27.4. The minimum atomic E-state index is 0.590. The summed E-state index contributed by atoms with van der Waals surface area (Å²) in [5, 5.41) is 4.46. The lowest BCUT2D eigenvalue weighted by Gasteiger charge is -2.25. The fourth-order valence-corrected chi connectivity index (χ4v) is 6.10. The van der Waals surface area contributed by atoms with Gasteiger partial charge in [-0.3, -0.25) is 4.57 Å². The van der Waals surface area contributed by atoms with Crippen LogP contribution in [0.1, 0.15) is 36.8 Å². The highest BCUT2D eigenvalue weighted by Gasteiger charge is 2.24. The van der Waals surface area contributed by atoms with E-state index < -0.39 is 0 Å². The van der Waals surface area contributed by atoms with Gasteiger partial charge in [0.05, 0.1) is 5.69 Å². The number of anilines is 2. The van der Waals surface area contributed by atoms with Crippen LogP contribution >= 0.6 is 0 Å². The standard InChI is InChI=1S/C33H33N5O/c1-2-8-29(9-3-1)39-31-11-5-4-10-30(31)38-21-18-26-23-34-33(36-32(26)38)35-27-15-12-24-13-16-28(17-14-25(24)22-27)37-19-6-7-20-37/h1-5,8-12,15,18,21-23,28H,6-7,13-14,16-17,19-20H2,(H,34,35,36). The number of para-hydroxylation sites is 3. The van der Waals surface area contributed by atoms with Crippen molar-refractivity contribution in [2.45, 2.75) is 44.6 Å². The number of benzene rings is 3. The minimum Gasteiger partial charge on any atom is -0.455 e. The van der Waals surface area contributed by atoms with Crippen LogP contribution in [0.2, 0.25) is 0 Å². The van der Waals surface area contributed by atoms with Gasteiger partial charge in [-0.25, -0.2) is 4.98 Å². The van der Waals surface area contributed by atoms with E-state index in [1.807, 2.05) is 67.0 Å². The number of hydrogen-bond acceptors (Lipinski definition) is 5. The summed E-state index contributed by atoms with van der Waals surface area (Å²) in [7, 11) is 0. The van der Waals surface area contributed by atoms with Gasteiger partial charge >= 0.3 is 0 Å². The molecule has 2 aromatic heterocycles. The Balaban J connectivity index is 1.14. The van der Waals surface area contributed by atoms with Crippen LogP contribution in [0, 0.1) is 0 Å². The molecule has 7 rings (SSSR count). The molecule has 1 fully saturated rings. The van der Waals surface area contributed by atoms with Gasteiger partial charge in [-0.1, -0.05) is 36.4 Å². The molecule has 6 nitrogen and oxygen atoms in total. The summed E-state index contributed by atoms with van der Waals surface area (Å²) in [6.07, 6.45) is 11.4. The molecule has 1 atom stereocenters. The predicted octanol–water partition coefficient (Wildman–Crippen LogP) is 7.30. The third-order valence-electron chi connectivity index (χ3n) is 8.14. The lowest BCUT2D eigenvalue weighted by Crippen LogP contribution is -2.32. The molecule has 1 saturated heterocycles. The van der Waals surface area contributed by atoms with Gasteiger partial charge in [0, 0.05) is 29.5 Å². The largest absolute Gasteiger partial charge is 0.455 e. The first kappa shape index (κ1) is 23.9. The van der Waals surface area contributed by atoms with Gasteiger partial charge in [0.25, 0.3) is 0 Å². The van der Waals surface area contributed by atoms with Crippen molar-refractivity contribution in [1.82, 2.24) is 19.4 Å². The van der Waals surface area contributed by atoms with Gasteiger partial charge in [0.2, 0.25) is 5.95 Å². The summed E-state index contributed by atoms with van der Waals surface area (Å²) >= 11 is 0. The summed E-state index contributed by atoms with van der Waals surface area (Å²) in [4.78, 5) is 12.3. The molecule has 0 spiro atoms. The Morgan fingerprint density at radius 1 is 0.821 bits per heavy atom. The highest BCUT2D eigenvalue weighted by Crippen LogP contribution is 2.32. The first-order chi connectivity index (χ1) is 19.3. The molecule has 0 radical (unpaired) electrons. The smallest absolute Gasteiger partial charge is 0.229 e. The zero-order chi connectivity index (χ0) is 26.0. The highest BCUT2D eigenvalue weighted by atomic mass is 16.5. The van der Waals surface area contributed by atoms with Crippen LogP contribution in [0.4, 0.5) is 11.6 Å². The van der Waals surface area contributed by atoms with E-state index in [2.05, 4.69) is 44.0 Å². The van der Waals surface area contributed by atoms with E-state index in [4.69, 9.17) is 9.72 Å². The average molecular weight is 516 g/mol. The van der Waals surface area contributed by atoms with E-state index in [0.717, 1.165) is 52.8 Å². The van der Waals surface area contributed by atoms with Crippen LogP contribution in [0.15, 0.2) is 91.3 Å². The minimum absolute atomic E-state index is 0.590. The maximum Gasteiger partial charge on any atom is 0.229 e. The number of rotatable bonds is 6. The van der Waals surface area contributed by atoms with Crippen molar-refractivity contribution in [2.75, 3.05) is 18.4 Å². The van der Waals surface area contributed by atoms with Gasteiger partial charge < -0.3 is 15.0 Å². The molecule has 1 N–H and O–H groups in total. The van der Waals surface area contributed by atoms with Crippen LogP contribution in [0.5, 0.6) is 11.5 Å². The zero-order valence-corrected chi connectivity index (χ0v) is 22.1. The summed E-state index contributed by atoms with van der Waals surface area (Å²) < 4.78 is 8.29. The van der Waals surface area contributed by atoms with Crippen LogP contribution in [0.3, 0.4) is 0 Å². The van der Waals surface area contributed by atoms with E-state index in [9.17, 15) is 0 Å². The molecule has 39 heavy (non-hydrogen) atoms. The second-order valence-corrected chi connectivity index (χ2v) is 10.6. The Morgan fingerprint density at radius 2 is 1.62 bits per heavy atom. The first-order valence-electron chi connectivity index (χ1n) is 14.1. The number of aryl methyl sites for hydroxylation is 2. The lowest BCUT2D eigenvalue weighted by molar-refractivity contribution is 0.222. The van der Waals surface area contributed by atoms with Crippen LogP contribution in [-0.2, 0) is 12.8 Å². The third-order valence-corrected chi connectivity index (χ3v) is 8.14. The van der Waals surface area contributed by atoms with Crippen molar-refractivity contribution in [3.05, 3.63) is 102 Å². The highest BCUT2D eigenvalue weighted by molar-refractivity contribution is 5.79. The molecular formula is C33H33N5O. The number of fused-ring (bicyclic) bond motifs is 2. The van der Waals surface area contributed by atoms with Gasteiger partial charge in [-0.2, -0.15) is 4.98 Å². The van der Waals surface area contributed by atoms with E-state index in [-0.39, 0.29) is 0 Å². The molecule has 2 aliphatic rings. The molecule has 3 heterocycles. The van der Waals surface area contributed by atoms with Crippen LogP contribution < -0.4 is 10.1 Å². The Labute approximate surface area is 229 Å². The molecular weight excluding hydrogens is 482 g/mol. The second-order valence-electron chi connectivity index (χ2n) is 10.6. The molecule has 1 aliphatic heterocycles. The van der Waals surface area contributed by atoms with Crippen molar-refractivity contribution in [3.63, 3.8) is 0 Å². The summed E-state index contributed by atoms with van der Waals surface area (Å²) in [5.74, 6) is 2.16. The van der Waals surface area contributed by atoms with Crippen molar-refractivity contribution in [1.29, 1.82) is 0 Å². The molecule has 0 bridgehead atoms. The number of hydrogen-bond donors (Lipinski definition) is 1. The normalized spacial score (nSPS) is 17.6. The third kappa shape index (κ3) is 5.00. The molecule has 5 aromatic rings. The first-order valence-corrected chi connectivity index (χ1v) is 14.1. The Bertz CT molecular complexity index is 1590. The van der Waals surface area contributed by atoms with Gasteiger partial charge in [0.1, 0.15) is 11.4 Å². The SMILES string of the molecule is c1ccc(Oc2ccccc2-n2ccc3cnc(Nc4ccc5c(c4)CCC(N4CCCC4)CC5)nc32)cc1. The molecule has 3 aromatic carbocycles. The fourth-order valence-electron chi connectivity index (χ4n) is 6.10.